The van der Waals surface area contributed by atoms with Crippen LogP contribution < -0.4 is 5.32 Å². The Balaban J connectivity index is 2.40. The molecule has 0 radical (unpaired) electrons. The number of alkyl halides is 1. The van der Waals surface area contributed by atoms with Crippen molar-refractivity contribution in [3.8, 4) is 5.75 Å². The molecule has 0 aliphatic carbocycles. The van der Waals surface area contributed by atoms with E-state index in [1.54, 1.807) is 4.90 Å². The van der Waals surface area contributed by atoms with Gasteiger partial charge in [-0.2, -0.15) is 0 Å². The van der Waals surface area contributed by atoms with Gasteiger partial charge in [0.2, 0.25) is 0 Å². The molecule has 20 heavy (non-hydrogen) atoms. The second-order valence-corrected chi connectivity index (χ2v) is 4.58. The Hall–Kier alpha value is -1.80. The van der Waals surface area contributed by atoms with Gasteiger partial charge in [-0.15, -0.1) is 0 Å². The largest absolute Gasteiger partial charge is 0.502 e. The molecule has 0 aromatic heterocycles. The summed E-state index contributed by atoms with van der Waals surface area (Å²) in [6, 6.07) is 0.701. The van der Waals surface area contributed by atoms with Gasteiger partial charge in [0.1, 0.15) is 12.5 Å². The van der Waals surface area contributed by atoms with Gasteiger partial charge in [0, 0.05) is 31.7 Å². The summed E-state index contributed by atoms with van der Waals surface area (Å²) in [5.41, 5.74) is -0.824. The highest BCUT2D eigenvalue weighted by atomic mass is 19.1. The van der Waals surface area contributed by atoms with Crippen molar-refractivity contribution in [1.82, 2.24) is 10.2 Å². The topological polar surface area (TPSA) is 78.6 Å². The van der Waals surface area contributed by atoms with Crippen LogP contribution in [0.4, 0.5) is 14.5 Å². The van der Waals surface area contributed by atoms with E-state index in [0.29, 0.717) is 32.2 Å². The quantitative estimate of drug-likeness (QED) is 0.645. The van der Waals surface area contributed by atoms with Gasteiger partial charge in [0.25, 0.3) is 0 Å². The molecule has 2 rings (SSSR count). The Morgan fingerprint density at radius 3 is 2.65 bits per heavy atom. The molecule has 0 bridgehead atoms. The number of rotatable bonds is 4. The zero-order valence-corrected chi connectivity index (χ0v) is 10.7. The van der Waals surface area contributed by atoms with E-state index in [2.05, 4.69) is 5.32 Å². The summed E-state index contributed by atoms with van der Waals surface area (Å²) in [6.07, 6.45) is 0. The van der Waals surface area contributed by atoms with Crippen LogP contribution in [0.5, 0.6) is 5.75 Å². The van der Waals surface area contributed by atoms with Crippen molar-refractivity contribution in [2.75, 3.05) is 32.9 Å². The van der Waals surface area contributed by atoms with Gasteiger partial charge < -0.3 is 10.4 Å². The van der Waals surface area contributed by atoms with Crippen LogP contribution in [-0.4, -0.2) is 47.8 Å². The van der Waals surface area contributed by atoms with Crippen LogP contribution in [-0.2, 0) is 0 Å². The molecule has 1 aromatic carbocycles. The van der Waals surface area contributed by atoms with E-state index in [4.69, 9.17) is 0 Å². The van der Waals surface area contributed by atoms with Crippen molar-refractivity contribution in [2.45, 2.75) is 6.04 Å². The number of aromatic hydroxyl groups is 1. The van der Waals surface area contributed by atoms with Gasteiger partial charge in [-0.05, 0) is 6.07 Å². The van der Waals surface area contributed by atoms with E-state index in [1.165, 1.54) is 0 Å². The molecule has 1 saturated heterocycles. The van der Waals surface area contributed by atoms with Crippen LogP contribution in [0.25, 0.3) is 0 Å². The fraction of sp³-hybridized carbons (Fsp3) is 0.500. The zero-order chi connectivity index (χ0) is 14.7. The molecule has 1 aliphatic rings. The highest BCUT2D eigenvalue weighted by Crippen LogP contribution is 2.37. The number of hydrogen-bond acceptors (Lipinski definition) is 5. The van der Waals surface area contributed by atoms with Crippen LogP contribution >= 0.6 is 0 Å². The van der Waals surface area contributed by atoms with E-state index in [0.717, 1.165) is 6.07 Å². The molecule has 1 aromatic rings. The molecule has 8 heteroatoms. The number of nitrogens with one attached hydrogen (secondary N) is 1. The van der Waals surface area contributed by atoms with E-state index >= 15 is 0 Å². The predicted molar refractivity (Wildman–Crippen MR) is 67.9 cm³/mol. The van der Waals surface area contributed by atoms with Crippen molar-refractivity contribution >= 4 is 5.69 Å². The monoisotopic (exact) mass is 287 g/mol. The normalized spacial score (nSPS) is 17.9. The lowest BCUT2D eigenvalue weighted by atomic mass is 10.0. The Morgan fingerprint density at radius 2 is 2.10 bits per heavy atom. The molecule has 1 heterocycles. The molecule has 0 saturated carbocycles. The smallest absolute Gasteiger partial charge is 0.313 e. The fourth-order valence-corrected chi connectivity index (χ4v) is 2.37. The van der Waals surface area contributed by atoms with Crippen molar-refractivity contribution in [3.05, 3.63) is 33.6 Å². The number of hydrogen-bond donors (Lipinski definition) is 2. The van der Waals surface area contributed by atoms with Crippen molar-refractivity contribution in [2.24, 2.45) is 0 Å². The molecular weight excluding hydrogens is 272 g/mol. The molecule has 6 nitrogen and oxygen atoms in total. The summed E-state index contributed by atoms with van der Waals surface area (Å²) in [4.78, 5) is 11.6. The first kappa shape index (κ1) is 14.6. The summed E-state index contributed by atoms with van der Waals surface area (Å²) in [7, 11) is 0. The molecule has 1 aliphatic heterocycles. The number of piperazine rings is 1. The maximum Gasteiger partial charge on any atom is 0.313 e. The molecule has 1 atom stereocenters. The first-order chi connectivity index (χ1) is 9.54. The van der Waals surface area contributed by atoms with E-state index < -0.39 is 34.9 Å². The highest BCUT2D eigenvalue weighted by Gasteiger charge is 2.29. The van der Waals surface area contributed by atoms with Gasteiger partial charge in [0.05, 0.1) is 17.0 Å². The van der Waals surface area contributed by atoms with Gasteiger partial charge in [-0.1, -0.05) is 0 Å². The van der Waals surface area contributed by atoms with Crippen LogP contribution in [0.15, 0.2) is 12.1 Å². The van der Waals surface area contributed by atoms with Crippen LogP contribution in [0.3, 0.4) is 0 Å². The van der Waals surface area contributed by atoms with Gasteiger partial charge in [0.15, 0.2) is 5.75 Å². The lowest BCUT2D eigenvalue weighted by molar-refractivity contribution is -0.386. The standard InChI is InChI=1S/C12H15F2N3O3/c13-7-11(16-3-1-15-2-4-16)9-5-8(14)6-10(12(9)18)17(19)20/h5-6,11,15,18H,1-4,7H2/t11-/m0/s1. The minimum absolute atomic E-state index is 0.0823. The number of phenolic OH excluding ortho intramolecular Hbond substituents is 1. The molecular formula is C12H15F2N3O3. The average Bonchev–Trinajstić information content (AvgIpc) is 2.44. The molecule has 0 spiro atoms. The second-order valence-electron chi connectivity index (χ2n) is 4.58. The summed E-state index contributed by atoms with van der Waals surface area (Å²) in [5, 5.41) is 23.8. The number of benzene rings is 1. The van der Waals surface area contributed by atoms with Gasteiger partial charge >= 0.3 is 5.69 Å². The van der Waals surface area contributed by atoms with Crippen molar-refractivity contribution in [3.63, 3.8) is 0 Å². The maximum absolute atomic E-state index is 13.5. The third-order valence-corrected chi connectivity index (χ3v) is 3.38. The third-order valence-electron chi connectivity index (χ3n) is 3.38. The summed E-state index contributed by atoms with van der Waals surface area (Å²) >= 11 is 0. The Labute approximate surface area is 114 Å². The number of nitro groups is 1. The van der Waals surface area contributed by atoms with Crippen molar-refractivity contribution < 1.29 is 18.8 Å². The molecule has 0 amide bonds. The molecule has 1 fully saturated rings. The first-order valence-electron chi connectivity index (χ1n) is 6.22. The third kappa shape index (κ3) is 2.86. The van der Waals surface area contributed by atoms with Crippen LogP contribution in [0.2, 0.25) is 0 Å². The summed E-state index contributed by atoms with van der Waals surface area (Å²) in [5.74, 6) is -1.53. The van der Waals surface area contributed by atoms with E-state index in [-0.39, 0.29) is 5.56 Å². The lowest BCUT2D eigenvalue weighted by Gasteiger charge is -2.33. The molecule has 2 N–H and O–H groups in total. The zero-order valence-electron chi connectivity index (χ0n) is 10.7. The minimum Gasteiger partial charge on any atom is -0.502 e. The average molecular weight is 287 g/mol. The van der Waals surface area contributed by atoms with E-state index in [1.807, 2.05) is 0 Å². The maximum atomic E-state index is 13.5. The van der Waals surface area contributed by atoms with Gasteiger partial charge in [-0.25, -0.2) is 8.78 Å². The number of phenols is 1. The first-order valence-corrected chi connectivity index (χ1v) is 6.22. The Morgan fingerprint density at radius 1 is 1.45 bits per heavy atom. The van der Waals surface area contributed by atoms with Gasteiger partial charge in [-0.3, -0.25) is 15.0 Å². The molecule has 110 valence electrons. The number of halogens is 2. The Kier molecular flexibility index (Phi) is 4.46. The predicted octanol–water partition coefficient (Wildman–Crippen LogP) is 1.36. The van der Waals surface area contributed by atoms with Crippen molar-refractivity contribution in [1.29, 1.82) is 0 Å². The minimum atomic E-state index is -0.883. The summed E-state index contributed by atoms with van der Waals surface area (Å²) in [6.45, 7) is 1.49. The highest BCUT2D eigenvalue weighted by molar-refractivity contribution is 5.52. The lowest BCUT2D eigenvalue weighted by Crippen LogP contribution is -2.45. The fourth-order valence-electron chi connectivity index (χ4n) is 2.37. The van der Waals surface area contributed by atoms with Crippen LogP contribution in [0.1, 0.15) is 11.6 Å². The Bertz CT molecular complexity index is 507. The number of nitrogens with zero attached hydrogens (tertiary/aromatic N) is 2. The SMILES string of the molecule is O=[N+]([O-])c1cc(F)cc([C@H](CF)N2CCNCC2)c1O. The number of nitro benzene ring substituents is 1. The summed E-state index contributed by atoms with van der Waals surface area (Å²) < 4.78 is 26.8. The molecule has 0 unspecified atom stereocenters. The second kappa shape index (κ2) is 6.10. The van der Waals surface area contributed by atoms with Crippen LogP contribution in [0, 0.1) is 15.9 Å². The van der Waals surface area contributed by atoms with E-state index in [9.17, 15) is 24.0 Å².